The van der Waals surface area contributed by atoms with Gasteiger partial charge in [0.05, 0.1) is 19.0 Å². The van der Waals surface area contributed by atoms with Crippen LogP contribution in [0, 0.1) is 11.5 Å². The Morgan fingerprint density at radius 3 is 3.00 bits per heavy atom. The normalized spacial score (nSPS) is 16.5. The lowest BCUT2D eigenvalue weighted by molar-refractivity contribution is 0.0595. The van der Waals surface area contributed by atoms with E-state index in [2.05, 4.69) is 20.3 Å². The molecule has 132 valence electrons. The largest absolute Gasteiger partial charge is 0.464 e. The van der Waals surface area contributed by atoms with Crippen LogP contribution in [0.3, 0.4) is 0 Å². The summed E-state index contributed by atoms with van der Waals surface area (Å²) in [6, 6.07) is 7.83. The van der Waals surface area contributed by atoms with Crippen LogP contribution in [-0.4, -0.2) is 44.0 Å². The summed E-state index contributed by atoms with van der Waals surface area (Å²) in [6.45, 7) is 0. The number of ether oxygens (including phenoxy) is 1. The number of hydrazine groups is 1. The number of rotatable bonds is 2. The molecule has 0 bridgehead atoms. The zero-order chi connectivity index (χ0) is 18.5. The molecule has 0 spiro atoms. The predicted molar refractivity (Wildman–Crippen MR) is 92.1 cm³/mol. The quantitative estimate of drug-likeness (QED) is 0.617. The van der Waals surface area contributed by atoms with Gasteiger partial charge in [0.2, 0.25) is 17.7 Å². The molecule has 2 aliphatic rings. The number of hydrogen-bond acceptors (Lipinski definition) is 9. The van der Waals surface area contributed by atoms with E-state index >= 15 is 0 Å². The van der Waals surface area contributed by atoms with Crippen LogP contribution in [0.5, 0.6) is 0 Å². The van der Waals surface area contributed by atoms with Crippen LogP contribution in [0.15, 0.2) is 41.8 Å². The number of nitriles is 1. The number of methoxy groups -OCH3 is 1. The average Bonchev–Trinajstić information content (AvgIpc) is 3.43. The van der Waals surface area contributed by atoms with Crippen LogP contribution in [0.2, 0.25) is 0 Å². The molecule has 1 aromatic carbocycles. The Balaban J connectivity index is 1.70. The number of para-hydroxylation sites is 1. The molecule has 0 saturated heterocycles. The van der Waals surface area contributed by atoms with Gasteiger partial charge in [0.1, 0.15) is 12.7 Å². The molecule has 5 rings (SSSR count). The highest BCUT2D eigenvalue weighted by Gasteiger charge is 2.41. The number of carbonyl (C=O) groups is 1. The fraction of sp³-hybridized carbons (Fsp3) is 0.125. The first-order valence-electron chi connectivity index (χ1n) is 7.92. The van der Waals surface area contributed by atoms with Crippen LogP contribution in [-0.2, 0) is 4.74 Å². The molecule has 0 fully saturated rings. The summed E-state index contributed by atoms with van der Waals surface area (Å²) in [6.07, 6.45) is 6.42. The molecular weight excluding hydrogens is 350 g/mol. The average molecular weight is 361 g/mol. The molecule has 3 aromatic rings. The van der Waals surface area contributed by atoms with Gasteiger partial charge in [-0.05, 0) is 11.3 Å². The molecule has 11 heteroatoms. The van der Waals surface area contributed by atoms with Crippen molar-refractivity contribution in [2.24, 2.45) is 4.99 Å². The third-order valence-corrected chi connectivity index (χ3v) is 4.45. The van der Waals surface area contributed by atoms with Gasteiger partial charge in [0.25, 0.3) is 0 Å². The number of nitrogens with zero attached hydrogens (tertiary/aromatic N) is 9. The van der Waals surface area contributed by atoms with Crippen molar-refractivity contribution in [1.29, 1.82) is 5.26 Å². The Morgan fingerprint density at radius 2 is 2.19 bits per heavy atom. The Hall–Kier alpha value is -4.20. The molecule has 4 heterocycles. The van der Waals surface area contributed by atoms with Gasteiger partial charge in [-0.15, -0.1) is 9.78 Å². The predicted octanol–water partition coefficient (Wildman–Crippen LogP) is 0.862. The topological polar surface area (TPSA) is 117 Å². The van der Waals surface area contributed by atoms with E-state index in [0.29, 0.717) is 0 Å². The zero-order valence-corrected chi connectivity index (χ0v) is 14.0. The second-order valence-corrected chi connectivity index (χ2v) is 5.77. The zero-order valence-electron chi connectivity index (χ0n) is 14.0. The number of esters is 1. The number of fused-ring (bicyclic) bond motifs is 6. The summed E-state index contributed by atoms with van der Waals surface area (Å²) in [7, 11) is 1.24. The molecule has 0 amide bonds. The molecule has 0 saturated carbocycles. The fourth-order valence-corrected chi connectivity index (χ4v) is 3.31. The van der Waals surface area contributed by atoms with Gasteiger partial charge in [-0.25, -0.2) is 24.8 Å². The number of anilines is 2. The third kappa shape index (κ3) is 1.92. The Morgan fingerprint density at radius 1 is 1.33 bits per heavy atom. The second kappa shape index (κ2) is 5.40. The molecule has 1 atom stereocenters. The molecular formula is C16H11N9O2. The number of aliphatic imine (C=N–C) groups is 1. The van der Waals surface area contributed by atoms with Gasteiger partial charge in [0.15, 0.2) is 12.0 Å². The minimum atomic E-state index is -0.700. The maximum absolute atomic E-state index is 12.1. The van der Waals surface area contributed by atoms with Crippen molar-refractivity contribution >= 4 is 23.9 Å². The van der Waals surface area contributed by atoms with Crippen molar-refractivity contribution < 1.29 is 9.53 Å². The molecule has 2 aromatic heterocycles. The minimum absolute atomic E-state index is 0.0870. The number of imidazole rings is 1. The molecule has 0 aliphatic carbocycles. The molecule has 27 heavy (non-hydrogen) atoms. The van der Waals surface area contributed by atoms with E-state index in [0.717, 1.165) is 21.8 Å². The van der Waals surface area contributed by atoms with Gasteiger partial charge in [-0.1, -0.05) is 18.2 Å². The molecule has 11 nitrogen and oxygen atoms in total. The SMILES string of the molecule is COC(=O)c1nnn(C#N)c1N1C=NC2c3ccccc3-n3cncc3N21. The van der Waals surface area contributed by atoms with Crippen molar-refractivity contribution in [2.75, 3.05) is 17.1 Å². The van der Waals surface area contributed by atoms with E-state index in [9.17, 15) is 10.1 Å². The minimum Gasteiger partial charge on any atom is -0.464 e. The van der Waals surface area contributed by atoms with Crippen molar-refractivity contribution in [3.63, 3.8) is 0 Å². The Labute approximate surface area is 152 Å². The lowest BCUT2D eigenvalue weighted by Crippen LogP contribution is -2.44. The Kier molecular flexibility index (Phi) is 3.02. The van der Waals surface area contributed by atoms with E-state index in [1.165, 1.54) is 13.4 Å². The first kappa shape index (κ1) is 15.1. The van der Waals surface area contributed by atoms with Crippen molar-refractivity contribution in [2.45, 2.75) is 6.17 Å². The van der Waals surface area contributed by atoms with Gasteiger partial charge in [-0.2, -0.15) is 5.26 Å². The highest BCUT2D eigenvalue weighted by molar-refractivity contribution is 5.98. The fourth-order valence-electron chi connectivity index (χ4n) is 3.31. The smallest absolute Gasteiger partial charge is 0.362 e. The Bertz CT molecular complexity index is 1140. The van der Waals surface area contributed by atoms with Crippen molar-refractivity contribution in [3.05, 3.63) is 48.0 Å². The third-order valence-electron chi connectivity index (χ3n) is 4.45. The molecule has 1 unspecified atom stereocenters. The number of aromatic nitrogens is 5. The highest BCUT2D eigenvalue weighted by Crippen LogP contribution is 2.43. The number of carbonyl (C=O) groups excluding carboxylic acids is 1. The monoisotopic (exact) mass is 361 g/mol. The summed E-state index contributed by atoms with van der Waals surface area (Å²) < 4.78 is 7.62. The van der Waals surface area contributed by atoms with Gasteiger partial charge in [-0.3, -0.25) is 4.57 Å². The molecule has 2 aliphatic heterocycles. The maximum Gasteiger partial charge on any atom is 0.362 e. The first-order valence-corrected chi connectivity index (χ1v) is 7.92. The van der Waals surface area contributed by atoms with Crippen LogP contribution >= 0.6 is 0 Å². The van der Waals surface area contributed by atoms with E-state index < -0.39 is 5.97 Å². The van der Waals surface area contributed by atoms with Gasteiger partial charge >= 0.3 is 5.97 Å². The van der Waals surface area contributed by atoms with E-state index in [1.54, 1.807) is 17.5 Å². The lowest BCUT2D eigenvalue weighted by Gasteiger charge is -2.37. The van der Waals surface area contributed by atoms with E-state index in [4.69, 9.17) is 4.74 Å². The summed E-state index contributed by atoms with van der Waals surface area (Å²) in [5.74, 6) is 0.162. The van der Waals surface area contributed by atoms with Crippen LogP contribution in [0.25, 0.3) is 5.69 Å². The van der Waals surface area contributed by atoms with E-state index in [-0.39, 0.29) is 17.7 Å². The molecule has 0 N–H and O–H groups in total. The van der Waals surface area contributed by atoms with Crippen LogP contribution < -0.4 is 10.0 Å². The standard InChI is InChI=1S/C16H11N9O2/c1-27-16(26)13-15(23(7-17)21-20-13)24-9-19-14-10-4-2-3-5-11(10)22-8-18-6-12(22)25(14)24/h2-6,8-9,14H,1H3. The van der Waals surface area contributed by atoms with Crippen LogP contribution in [0.1, 0.15) is 22.2 Å². The summed E-state index contributed by atoms with van der Waals surface area (Å²) in [5, 5.41) is 20.3. The summed E-state index contributed by atoms with van der Waals surface area (Å²) in [5.41, 5.74) is 1.83. The maximum atomic E-state index is 12.1. The van der Waals surface area contributed by atoms with Crippen LogP contribution in [0.4, 0.5) is 11.6 Å². The highest BCUT2D eigenvalue weighted by atomic mass is 16.5. The van der Waals surface area contributed by atoms with Gasteiger partial charge < -0.3 is 4.74 Å². The second-order valence-electron chi connectivity index (χ2n) is 5.77. The summed E-state index contributed by atoms with van der Waals surface area (Å²) >= 11 is 0. The summed E-state index contributed by atoms with van der Waals surface area (Å²) in [4.78, 5) is 20.9. The lowest BCUT2D eigenvalue weighted by atomic mass is 10.1. The number of hydrogen-bond donors (Lipinski definition) is 0. The van der Waals surface area contributed by atoms with E-state index in [1.807, 2.05) is 40.0 Å². The van der Waals surface area contributed by atoms with Gasteiger partial charge in [0, 0.05) is 5.56 Å². The molecule has 0 radical (unpaired) electrons. The first-order chi connectivity index (χ1) is 13.2. The number of benzene rings is 1. The van der Waals surface area contributed by atoms with Crippen molar-refractivity contribution in [1.82, 2.24) is 24.5 Å². The van der Waals surface area contributed by atoms with Crippen molar-refractivity contribution in [3.8, 4) is 11.9 Å².